The molecule has 0 aliphatic rings. The summed E-state index contributed by atoms with van der Waals surface area (Å²) in [5.41, 5.74) is 3.97. The monoisotopic (exact) mass is 436 g/mol. The number of hydrogen-bond acceptors (Lipinski definition) is 4. The van der Waals surface area contributed by atoms with Gasteiger partial charge < -0.3 is 19.0 Å². The van der Waals surface area contributed by atoms with Gasteiger partial charge in [-0.15, -0.1) is 0 Å². The van der Waals surface area contributed by atoms with Crippen LogP contribution in [0.5, 0.6) is 0 Å². The smallest absolute Gasteiger partial charge is 0.335 e. The van der Waals surface area contributed by atoms with Crippen molar-refractivity contribution in [2.24, 2.45) is 0 Å². The van der Waals surface area contributed by atoms with Crippen molar-refractivity contribution < 1.29 is 28.2 Å². The molecule has 2 N–H and O–H groups in total. The molecule has 164 valence electrons. The Morgan fingerprint density at radius 2 is 1.50 bits per heavy atom. The first kappa shape index (κ1) is 27.5. The highest BCUT2D eigenvalue weighted by Gasteiger charge is 2.32. The zero-order chi connectivity index (χ0) is 21.6. The van der Waals surface area contributed by atoms with Crippen molar-refractivity contribution in [3.8, 4) is 0 Å². The summed E-state index contributed by atoms with van der Waals surface area (Å²) in [6.07, 6.45) is 10.6. The zero-order valence-corrected chi connectivity index (χ0v) is 19.8. The van der Waals surface area contributed by atoms with Crippen LogP contribution in [0, 0.1) is 0 Å². The summed E-state index contributed by atoms with van der Waals surface area (Å²) >= 11 is 0. The van der Waals surface area contributed by atoms with Crippen LogP contribution in [0.2, 0.25) is 0 Å². The molecule has 28 heavy (non-hydrogen) atoms. The lowest BCUT2D eigenvalue weighted by Crippen LogP contribution is -2.07. The second-order valence-corrected chi connectivity index (χ2v) is 12.1. The molecule has 0 rings (SSSR count). The summed E-state index contributed by atoms with van der Waals surface area (Å²) in [5, 5.41) is 0. The number of rotatable bonds is 15. The van der Waals surface area contributed by atoms with Gasteiger partial charge in [-0.2, -0.15) is 0 Å². The molecule has 0 spiro atoms. The summed E-state index contributed by atoms with van der Waals surface area (Å²) in [4.78, 5) is 18.1. The van der Waals surface area contributed by atoms with Crippen molar-refractivity contribution in [1.82, 2.24) is 0 Å². The summed E-state index contributed by atoms with van der Waals surface area (Å²) < 4.78 is 34.1. The molecule has 0 aliphatic carbocycles. The van der Waals surface area contributed by atoms with E-state index in [1.807, 2.05) is 6.08 Å². The van der Waals surface area contributed by atoms with Crippen LogP contribution in [0.15, 0.2) is 34.9 Å². The predicted molar refractivity (Wildman–Crippen MR) is 117 cm³/mol. The fourth-order valence-electron chi connectivity index (χ4n) is 2.52. The Hall–Kier alpha value is -0.480. The highest BCUT2D eigenvalue weighted by atomic mass is 31.2. The average Bonchev–Trinajstić information content (AvgIpc) is 2.52. The molecule has 0 heterocycles. The molecule has 0 amide bonds. The van der Waals surface area contributed by atoms with E-state index in [2.05, 4.69) is 39.8 Å². The fraction of sp³-hybridized carbons (Fsp3) is 0.700. The minimum absolute atomic E-state index is 0.00640. The van der Waals surface area contributed by atoms with Crippen LogP contribution in [0.4, 0.5) is 0 Å². The Morgan fingerprint density at radius 3 is 2.04 bits per heavy atom. The van der Waals surface area contributed by atoms with Crippen LogP contribution >= 0.6 is 15.0 Å². The molecule has 1 unspecified atom stereocenters. The molecule has 0 aromatic carbocycles. The second-order valence-electron chi connectivity index (χ2n) is 7.30. The van der Waals surface area contributed by atoms with Gasteiger partial charge >= 0.3 is 7.60 Å². The Balaban J connectivity index is 4.19. The van der Waals surface area contributed by atoms with E-state index in [1.54, 1.807) is 6.92 Å². The van der Waals surface area contributed by atoms with Crippen molar-refractivity contribution in [1.29, 1.82) is 0 Å². The van der Waals surface area contributed by atoms with E-state index < -0.39 is 20.9 Å². The van der Waals surface area contributed by atoms with Gasteiger partial charge in [0.1, 0.15) is 5.90 Å². The van der Waals surface area contributed by atoms with Gasteiger partial charge in [-0.25, -0.2) is 0 Å². The van der Waals surface area contributed by atoms with Gasteiger partial charge in [-0.05, 0) is 60.3 Å². The minimum Gasteiger partial charge on any atom is -0.377 e. The summed E-state index contributed by atoms with van der Waals surface area (Å²) in [6.45, 7) is 10.8. The van der Waals surface area contributed by atoms with E-state index in [0.29, 0.717) is 6.61 Å². The molecule has 8 heteroatoms. The van der Waals surface area contributed by atoms with Crippen LogP contribution in [-0.4, -0.2) is 41.7 Å². The summed E-state index contributed by atoms with van der Waals surface area (Å²) in [7, 11) is -7.76. The Kier molecular flexibility index (Phi) is 14.2. The molecule has 0 bridgehead atoms. The van der Waals surface area contributed by atoms with Gasteiger partial charge in [-0.1, -0.05) is 34.9 Å². The molecule has 0 saturated carbocycles. The maximum atomic E-state index is 12.4. The lowest BCUT2D eigenvalue weighted by Gasteiger charge is -2.18. The first-order valence-electron chi connectivity index (χ1n) is 9.77. The van der Waals surface area contributed by atoms with E-state index in [0.717, 1.165) is 25.7 Å². The largest absolute Gasteiger partial charge is 0.377 e. The Morgan fingerprint density at radius 1 is 0.929 bits per heavy atom. The minimum atomic E-state index is -4.39. The lowest BCUT2D eigenvalue weighted by atomic mass is 10.1. The zero-order valence-electron chi connectivity index (χ0n) is 18.0. The van der Waals surface area contributed by atoms with Crippen LogP contribution in [-0.2, 0) is 18.4 Å². The van der Waals surface area contributed by atoms with Gasteiger partial charge in [-0.3, -0.25) is 9.13 Å². The molecule has 0 saturated heterocycles. The first-order valence-corrected chi connectivity index (χ1v) is 13.6. The van der Waals surface area contributed by atoms with E-state index in [9.17, 15) is 9.13 Å². The van der Waals surface area contributed by atoms with Crippen molar-refractivity contribution in [2.75, 3.05) is 31.9 Å². The molecule has 6 nitrogen and oxygen atoms in total. The molecule has 0 aromatic heterocycles. The topological polar surface area (TPSA) is 93.1 Å². The summed E-state index contributed by atoms with van der Waals surface area (Å²) in [5.74, 6) is -0.731. The molecule has 0 radical (unpaired) electrons. The normalized spacial score (nSPS) is 15.4. The van der Waals surface area contributed by atoms with E-state index in [1.165, 1.54) is 16.7 Å². The van der Waals surface area contributed by atoms with Crippen LogP contribution < -0.4 is 0 Å². The van der Waals surface area contributed by atoms with E-state index >= 15 is 0 Å². The molecule has 0 aromatic rings. The van der Waals surface area contributed by atoms with Gasteiger partial charge in [0.15, 0.2) is 0 Å². The van der Waals surface area contributed by atoms with Crippen LogP contribution in [0.1, 0.15) is 60.3 Å². The Bertz CT molecular complexity index is 627. The molecule has 0 fully saturated rings. The van der Waals surface area contributed by atoms with Gasteiger partial charge in [0, 0.05) is 6.16 Å². The van der Waals surface area contributed by atoms with Gasteiger partial charge in [0.05, 0.1) is 19.8 Å². The molecule has 0 aliphatic heterocycles. The highest BCUT2D eigenvalue weighted by molar-refractivity contribution is 7.73. The number of hydrogen-bond donors (Lipinski definition) is 2. The maximum absolute atomic E-state index is 12.4. The standard InChI is InChI=1S/C20H38O6P2/c1-6-26-27(21,17-28(22,23)24)16-15-25-14-13-20(5)12-8-11-19(4)10-7-9-18(2)3/h9,11,13H,6-8,10,12,14-17H2,1-5H3,(H2,22,23,24). The maximum Gasteiger partial charge on any atom is 0.335 e. The number of allylic oxidation sites excluding steroid dienone is 5. The lowest BCUT2D eigenvalue weighted by molar-refractivity contribution is 0.175. The first-order chi connectivity index (χ1) is 13.0. The predicted octanol–water partition coefficient (Wildman–Crippen LogP) is 5.87. The van der Waals surface area contributed by atoms with E-state index in [4.69, 9.17) is 19.0 Å². The third-order valence-corrected chi connectivity index (χ3v) is 8.80. The quantitative estimate of drug-likeness (QED) is 0.189. The SMILES string of the molecule is CCOP(=O)(CCOCC=C(C)CCC=C(C)CCC=C(C)C)CP(=O)(O)O. The second kappa shape index (κ2) is 14.5. The Labute approximate surface area is 170 Å². The molecule has 1 atom stereocenters. The third kappa shape index (κ3) is 16.5. The molecular formula is C20H38O6P2. The summed E-state index contributed by atoms with van der Waals surface area (Å²) in [6, 6.07) is 0. The van der Waals surface area contributed by atoms with Crippen molar-refractivity contribution >= 4 is 15.0 Å². The highest BCUT2D eigenvalue weighted by Crippen LogP contribution is 2.57. The van der Waals surface area contributed by atoms with Gasteiger partial charge in [0.2, 0.25) is 7.37 Å². The fourth-order valence-corrected chi connectivity index (χ4v) is 6.66. The van der Waals surface area contributed by atoms with Gasteiger partial charge in [0.25, 0.3) is 0 Å². The average molecular weight is 436 g/mol. The van der Waals surface area contributed by atoms with Crippen molar-refractivity contribution in [3.05, 3.63) is 34.9 Å². The van der Waals surface area contributed by atoms with Crippen LogP contribution in [0.3, 0.4) is 0 Å². The molecular weight excluding hydrogens is 398 g/mol. The van der Waals surface area contributed by atoms with Crippen LogP contribution in [0.25, 0.3) is 0 Å². The third-order valence-electron chi connectivity index (χ3n) is 4.01. The van der Waals surface area contributed by atoms with Crippen molar-refractivity contribution in [2.45, 2.75) is 60.3 Å². The number of ether oxygens (including phenoxy) is 1. The van der Waals surface area contributed by atoms with Crippen molar-refractivity contribution in [3.63, 3.8) is 0 Å². The van der Waals surface area contributed by atoms with E-state index in [-0.39, 0.29) is 19.4 Å².